The molecule has 0 bridgehead atoms. The number of rotatable bonds is 6. The fraction of sp³-hybridized carbons (Fsp3) is 0.333. The van der Waals surface area contributed by atoms with Crippen LogP contribution in [0.3, 0.4) is 0 Å². The van der Waals surface area contributed by atoms with Crippen LogP contribution in [0.15, 0.2) is 72.8 Å². The molecule has 3 aromatic rings. The van der Waals surface area contributed by atoms with Gasteiger partial charge in [0, 0.05) is 36.6 Å². The Balaban J connectivity index is 1.54. The Morgan fingerprint density at radius 3 is 2.17 bits per heavy atom. The number of carbonyl (C=O) groups excluding carboxylic acids is 2. The number of hydrogen-bond donors (Lipinski definition) is 2. The van der Waals surface area contributed by atoms with Crippen molar-refractivity contribution >= 4 is 23.2 Å². The van der Waals surface area contributed by atoms with Gasteiger partial charge in [0.25, 0.3) is 11.8 Å². The molecule has 0 saturated carbocycles. The van der Waals surface area contributed by atoms with Gasteiger partial charge in [-0.25, -0.2) is 0 Å². The summed E-state index contributed by atoms with van der Waals surface area (Å²) in [5.74, 6) is -0.327. The van der Waals surface area contributed by atoms with E-state index in [-0.39, 0.29) is 17.2 Å². The highest BCUT2D eigenvalue weighted by molar-refractivity contribution is 6.06. The smallest absolute Gasteiger partial charge is 0.255 e. The molecule has 4 rings (SSSR count). The Morgan fingerprint density at radius 1 is 0.829 bits per heavy atom. The van der Waals surface area contributed by atoms with Gasteiger partial charge in [-0.05, 0) is 66.1 Å². The number of anilines is 2. The van der Waals surface area contributed by atoms with E-state index >= 15 is 0 Å². The van der Waals surface area contributed by atoms with Crippen molar-refractivity contribution in [3.8, 4) is 0 Å². The van der Waals surface area contributed by atoms with E-state index in [0.717, 1.165) is 37.2 Å². The van der Waals surface area contributed by atoms with Crippen molar-refractivity contribution in [1.29, 1.82) is 0 Å². The van der Waals surface area contributed by atoms with Gasteiger partial charge in [-0.15, -0.1) is 0 Å². The van der Waals surface area contributed by atoms with Crippen LogP contribution in [0, 0.1) is 0 Å². The Hall–Kier alpha value is -3.60. The third-order valence-electron chi connectivity index (χ3n) is 6.50. The van der Waals surface area contributed by atoms with Crippen LogP contribution in [0.5, 0.6) is 0 Å². The zero-order chi connectivity index (χ0) is 24.8. The predicted octanol–water partition coefficient (Wildman–Crippen LogP) is 6.16. The predicted molar refractivity (Wildman–Crippen MR) is 143 cm³/mol. The van der Waals surface area contributed by atoms with E-state index in [1.807, 2.05) is 66.7 Å². The summed E-state index contributed by atoms with van der Waals surface area (Å²) < 4.78 is 0. The molecule has 0 unspecified atom stereocenters. The fourth-order valence-electron chi connectivity index (χ4n) is 4.40. The van der Waals surface area contributed by atoms with Gasteiger partial charge in [0.15, 0.2) is 0 Å². The number of piperidine rings is 1. The maximum absolute atomic E-state index is 13.3. The highest BCUT2D eigenvalue weighted by Crippen LogP contribution is 2.28. The Morgan fingerprint density at radius 2 is 1.51 bits per heavy atom. The number of benzene rings is 3. The second-order valence-corrected chi connectivity index (χ2v) is 10.2. The van der Waals surface area contributed by atoms with Gasteiger partial charge in [-0.3, -0.25) is 9.59 Å². The van der Waals surface area contributed by atoms with Crippen molar-refractivity contribution in [1.82, 2.24) is 5.32 Å². The average molecular weight is 470 g/mol. The molecule has 1 aliphatic heterocycles. The number of nitrogens with zero attached hydrogens (tertiary/aromatic N) is 1. The summed E-state index contributed by atoms with van der Waals surface area (Å²) in [5, 5.41) is 6.03. The van der Waals surface area contributed by atoms with Gasteiger partial charge in [0.1, 0.15) is 0 Å². The molecule has 182 valence electrons. The first-order valence-electron chi connectivity index (χ1n) is 12.4. The summed E-state index contributed by atoms with van der Waals surface area (Å²) in [7, 11) is 0. The molecule has 2 amide bonds. The van der Waals surface area contributed by atoms with Crippen LogP contribution in [-0.2, 0) is 12.0 Å². The maximum Gasteiger partial charge on any atom is 0.255 e. The minimum Gasteiger partial charge on any atom is -0.371 e. The molecular formula is C30H35N3O2. The minimum absolute atomic E-state index is 0.0291. The van der Waals surface area contributed by atoms with Crippen molar-refractivity contribution in [3.63, 3.8) is 0 Å². The molecule has 1 heterocycles. The lowest BCUT2D eigenvalue weighted by molar-refractivity contribution is 0.0950. The van der Waals surface area contributed by atoms with Gasteiger partial charge in [0.05, 0.1) is 5.56 Å². The molecule has 5 nitrogen and oxygen atoms in total. The number of carbonyl (C=O) groups is 2. The molecule has 5 heteroatoms. The molecule has 1 fully saturated rings. The van der Waals surface area contributed by atoms with E-state index < -0.39 is 0 Å². The highest BCUT2D eigenvalue weighted by Gasteiger charge is 2.20. The van der Waals surface area contributed by atoms with Gasteiger partial charge in [-0.1, -0.05) is 63.2 Å². The summed E-state index contributed by atoms with van der Waals surface area (Å²) in [6.45, 7) is 8.77. The maximum atomic E-state index is 13.3. The van der Waals surface area contributed by atoms with Gasteiger partial charge < -0.3 is 15.5 Å². The quantitative estimate of drug-likeness (QED) is 0.455. The van der Waals surface area contributed by atoms with Crippen molar-refractivity contribution in [3.05, 3.63) is 95.1 Å². The summed E-state index contributed by atoms with van der Waals surface area (Å²) in [6.07, 6.45) is 3.45. The standard InChI is InChI=1S/C30H35N3O2/c1-30(2,3)24-14-12-23(13-15-24)28(34)32-25-16-17-27(33-18-8-5-9-19-33)26(20-25)29(35)31-21-22-10-6-4-7-11-22/h4,6-7,10-17,20H,5,8-9,18-19,21H2,1-3H3,(H,31,35)(H,32,34). The molecular weight excluding hydrogens is 434 g/mol. The highest BCUT2D eigenvalue weighted by atomic mass is 16.2. The molecule has 2 N–H and O–H groups in total. The molecule has 0 aromatic heterocycles. The molecule has 1 saturated heterocycles. The Labute approximate surface area is 208 Å². The van der Waals surface area contributed by atoms with Crippen LogP contribution in [0.2, 0.25) is 0 Å². The van der Waals surface area contributed by atoms with E-state index in [1.54, 1.807) is 6.07 Å². The van der Waals surface area contributed by atoms with Crippen molar-refractivity contribution in [2.45, 2.75) is 52.0 Å². The van der Waals surface area contributed by atoms with Gasteiger partial charge in [0.2, 0.25) is 0 Å². The van der Waals surface area contributed by atoms with Crippen LogP contribution in [0.1, 0.15) is 71.9 Å². The molecule has 0 radical (unpaired) electrons. The molecule has 0 spiro atoms. The van der Waals surface area contributed by atoms with E-state index in [2.05, 4.69) is 36.3 Å². The zero-order valence-corrected chi connectivity index (χ0v) is 20.9. The third kappa shape index (κ3) is 6.30. The van der Waals surface area contributed by atoms with Gasteiger partial charge in [-0.2, -0.15) is 0 Å². The first-order valence-corrected chi connectivity index (χ1v) is 12.4. The largest absolute Gasteiger partial charge is 0.371 e. The topological polar surface area (TPSA) is 61.4 Å². The zero-order valence-electron chi connectivity index (χ0n) is 20.9. The lowest BCUT2D eigenvalue weighted by Gasteiger charge is -2.30. The number of amides is 2. The molecule has 35 heavy (non-hydrogen) atoms. The monoisotopic (exact) mass is 469 g/mol. The van der Waals surface area contributed by atoms with Crippen LogP contribution >= 0.6 is 0 Å². The first kappa shape index (κ1) is 24.5. The Kier molecular flexibility index (Phi) is 7.54. The van der Waals surface area contributed by atoms with Crippen LogP contribution < -0.4 is 15.5 Å². The summed E-state index contributed by atoms with van der Waals surface area (Å²) in [4.78, 5) is 28.5. The second kappa shape index (κ2) is 10.8. The molecule has 0 aliphatic carbocycles. The average Bonchev–Trinajstić information content (AvgIpc) is 2.88. The lowest BCUT2D eigenvalue weighted by atomic mass is 9.87. The van der Waals surface area contributed by atoms with Crippen molar-refractivity contribution < 1.29 is 9.59 Å². The normalized spacial score (nSPS) is 13.9. The summed E-state index contributed by atoms with van der Waals surface area (Å²) in [6, 6.07) is 23.2. The van der Waals surface area contributed by atoms with E-state index in [1.165, 1.54) is 12.0 Å². The Bertz CT molecular complexity index is 1160. The fourth-order valence-corrected chi connectivity index (χ4v) is 4.40. The first-order chi connectivity index (χ1) is 16.8. The molecule has 0 atom stereocenters. The van der Waals surface area contributed by atoms with Crippen LogP contribution in [0.25, 0.3) is 0 Å². The van der Waals surface area contributed by atoms with Crippen LogP contribution in [-0.4, -0.2) is 24.9 Å². The van der Waals surface area contributed by atoms with E-state index in [0.29, 0.717) is 23.4 Å². The van der Waals surface area contributed by atoms with Crippen LogP contribution in [0.4, 0.5) is 11.4 Å². The second-order valence-electron chi connectivity index (χ2n) is 10.2. The van der Waals surface area contributed by atoms with Crippen molar-refractivity contribution in [2.75, 3.05) is 23.3 Å². The van der Waals surface area contributed by atoms with E-state index in [9.17, 15) is 9.59 Å². The summed E-state index contributed by atoms with van der Waals surface area (Å²) in [5.41, 5.74) is 4.96. The number of hydrogen-bond acceptors (Lipinski definition) is 3. The molecule has 3 aromatic carbocycles. The minimum atomic E-state index is -0.188. The summed E-state index contributed by atoms with van der Waals surface area (Å²) >= 11 is 0. The SMILES string of the molecule is CC(C)(C)c1ccc(C(=O)Nc2ccc(N3CCCCC3)c(C(=O)NCc3ccccc3)c2)cc1. The molecule has 1 aliphatic rings. The van der Waals surface area contributed by atoms with E-state index in [4.69, 9.17) is 0 Å². The number of nitrogens with one attached hydrogen (secondary N) is 2. The lowest BCUT2D eigenvalue weighted by Crippen LogP contribution is -2.32. The van der Waals surface area contributed by atoms with Crippen molar-refractivity contribution in [2.24, 2.45) is 0 Å². The van der Waals surface area contributed by atoms with Gasteiger partial charge >= 0.3 is 0 Å². The third-order valence-corrected chi connectivity index (χ3v) is 6.50.